The minimum absolute atomic E-state index is 0.0363. The van der Waals surface area contributed by atoms with Gasteiger partial charge in [-0.25, -0.2) is 9.97 Å². The Balaban J connectivity index is 1.84. The molecule has 1 saturated heterocycles. The van der Waals surface area contributed by atoms with Gasteiger partial charge in [0.2, 0.25) is 5.91 Å². The highest BCUT2D eigenvalue weighted by Crippen LogP contribution is 2.38. The molecule has 3 rings (SSSR count). The maximum absolute atomic E-state index is 12.3. The predicted molar refractivity (Wildman–Crippen MR) is 112 cm³/mol. The number of aromatic nitrogens is 2. The Bertz CT molecular complexity index is 914. The van der Waals surface area contributed by atoms with Gasteiger partial charge in [0.25, 0.3) is 0 Å². The van der Waals surface area contributed by atoms with E-state index in [0.29, 0.717) is 49.2 Å². The molecule has 8 nitrogen and oxygen atoms in total. The van der Waals surface area contributed by atoms with E-state index in [-0.39, 0.29) is 11.4 Å². The van der Waals surface area contributed by atoms with Crippen molar-refractivity contribution in [2.45, 2.75) is 18.3 Å². The molecule has 1 aliphatic heterocycles. The van der Waals surface area contributed by atoms with Gasteiger partial charge in [0, 0.05) is 36.7 Å². The zero-order valence-corrected chi connectivity index (χ0v) is 17.5. The number of morpholine rings is 1. The van der Waals surface area contributed by atoms with E-state index in [9.17, 15) is 27.1 Å². The molecule has 1 amide bonds. The van der Waals surface area contributed by atoms with Crippen molar-refractivity contribution in [1.82, 2.24) is 9.97 Å². The average molecular weight is 460 g/mol. The number of rotatable bonds is 6. The molecule has 0 atom stereocenters. The fraction of sp³-hybridized carbons (Fsp3) is 0.421. The van der Waals surface area contributed by atoms with Gasteiger partial charge in [0.05, 0.1) is 24.7 Å². The molecule has 0 radical (unpaired) electrons. The molecule has 1 aliphatic rings. The summed E-state index contributed by atoms with van der Waals surface area (Å²) in [4.78, 5) is 22.5. The Labute approximate surface area is 178 Å². The first-order chi connectivity index (χ1) is 14.5. The third-order valence-electron chi connectivity index (χ3n) is 4.31. The average Bonchev–Trinajstić information content (AvgIpc) is 2.66. The smallest absolute Gasteiger partial charge is 0.378 e. The first-order valence-electron chi connectivity index (χ1n) is 9.37. The van der Waals surface area contributed by atoms with Gasteiger partial charge >= 0.3 is 6.18 Å². The molecule has 0 spiro atoms. The minimum atomic E-state index is -4.58. The van der Waals surface area contributed by atoms with Crippen LogP contribution < -0.4 is 10.2 Å². The molecule has 1 fully saturated rings. The van der Waals surface area contributed by atoms with Gasteiger partial charge in [0.1, 0.15) is 12.2 Å². The maximum atomic E-state index is 12.3. The molecule has 12 heteroatoms. The number of anilines is 2. The second-order valence-electron chi connectivity index (χ2n) is 7.20. The molecule has 0 bridgehead atoms. The van der Waals surface area contributed by atoms with Crippen molar-refractivity contribution in [1.29, 1.82) is 0 Å². The summed E-state index contributed by atoms with van der Waals surface area (Å²) >= 11 is 0. The van der Waals surface area contributed by atoms with E-state index in [2.05, 4.69) is 15.3 Å². The van der Waals surface area contributed by atoms with Crippen molar-refractivity contribution < 1.29 is 31.8 Å². The molecule has 0 aliphatic carbocycles. The third-order valence-corrected chi connectivity index (χ3v) is 5.15. The lowest BCUT2D eigenvalue weighted by atomic mass is 10.2. The zero-order chi connectivity index (χ0) is 22.6. The highest BCUT2D eigenvalue weighted by atomic mass is 32.3. The van der Waals surface area contributed by atoms with Crippen LogP contribution in [0.4, 0.5) is 24.7 Å². The van der Waals surface area contributed by atoms with Gasteiger partial charge in [-0.15, -0.1) is 0 Å². The minimum Gasteiger partial charge on any atom is -0.378 e. The second-order valence-corrected chi connectivity index (χ2v) is 9.47. The highest BCUT2D eigenvalue weighted by Gasteiger charge is 2.31. The first-order valence-corrected chi connectivity index (χ1v) is 11.5. The van der Waals surface area contributed by atoms with E-state index in [4.69, 9.17) is 4.74 Å². The number of nitrogens with one attached hydrogen (secondary N) is 1. The number of alkyl halides is 3. The van der Waals surface area contributed by atoms with Crippen molar-refractivity contribution in [3.05, 3.63) is 36.0 Å². The molecule has 3 N–H and O–H groups in total. The van der Waals surface area contributed by atoms with Crippen LogP contribution in [0.1, 0.15) is 12.1 Å². The maximum Gasteiger partial charge on any atom is 0.397 e. The van der Waals surface area contributed by atoms with E-state index in [1.165, 1.54) is 18.4 Å². The molecule has 1 aromatic heterocycles. The Morgan fingerprint density at radius 3 is 2.42 bits per heavy atom. The normalized spacial score (nSPS) is 15.6. The summed E-state index contributed by atoms with van der Waals surface area (Å²) in [6.07, 6.45) is -4.81. The van der Waals surface area contributed by atoms with Crippen LogP contribution in [0.2, 0.25) is 0 Å². The molecule has 170 valence electrons. The van der Waals surface area contributed by atoms with Crippen molar-refractivity contribution >= 4 is 28.0 Å². The number of carbonyl (C=O) groups excluding carboxylic acids is 1. The van der Waals surface area contributed by atoms with Gasteiger partial charge < -0.3 is 15.0 Å². The molecular weight excluding hydrogens is 437 g/mol. The number of benzene rings is 1. The summed E-state index contributed by atoms with van der Waals surface area (Å²) in [5, 5.41) is 2.20. The van der Waals surface area contributed by atoms with Gasteiger partial charge in [-0.05, 0) is 24.3 Å². The van der Waals surface area contributed by atoms with Crippen molar-refractivity contribution in [3.63, 3.8) is 0 Å². The Morgan fingerprint density at radius 2 is 1.84 bits per heavy atom. The molecule has 0 saturated carbocycles. The van der Waals surface area contributed by atoms with Gasteiger partial charge in [-0.2, -0.15) is 23.8 Å². The van der Waals surface area contributed by atoms with Gasteiger partial charge in [-0.1, -0.05) is 0 Å². The molecule has 2 aromatic rings. The van der Waals surface area contributed by atoms with Crippen LogP contribution in [0, 0.1) is 0 Å². The number of halogens is 3. The first kappa shape index (κ1) is 23.3. The largest absolute Gasteiger partial charge is 0.397 e. The number of nitrogens with zero attached hydrogens (tertiary/aromatic N) is 3. The SMILES string of the molecule is CS(O)(O)Cc1cc(N2CCOCC2)nc(-c2ccc(NC(=O)CC(F)(F)F)cc2)n1. The third kappa shape index (κ3) is 7.35. The summed E-state index contributed by atoms with van der Waals surface area (Å²) in [5.74, 6) is -0.239. The molecule has 1 aromatic carbocycles. The van der Waals surface area contributed by atoms with Crippen LogP contribution in [-0.4, -0.2) is 63.7 Å². The van der Waals surface area contributed by atoms with E-state index in [1.807, 2.05) is 4.90 Å². The van der Waals surface area contributed by atoms with Crippen LogP contribution in [0.5, 0.6) is 0 Å². The standard InChI is InChI=1S/C19H23F3N4O4S/c1-31(28,29)12-15-10-16(26-6-8-30-9-7-26)25-18(24-15)13-2-4-14(5-3-13)23-17(27)11-19(20,21)22/h2-5,10,28-29H,6-9,11-12H2,1H3,(H,23,27). The van der Waals surface area contributed by atoms with Crippen LogP contribution in [0.15, 0.2) is 30.3 Å². The second kappa shape index (κ2) is 9.39. The van der Waals surface area contributed by atoms with Crippen molar-refractivity contribution in [2.24, 2.45) is 0 Å². The summed E-state index contributed by atoms with van der Waals surface area (Å²) in [6, 6.07) is 7.78. The van der Waals surface area contributed by atoms with Crippen molar-refractivity contribution in [2.75, 3.05) is 42.8 Å². The summed E-state index contributed by atoms with van der Waals surface area (Å²) in [6.45, 7) is 2.35. The van der Waals surface area contributed by atoms with Crippen LogP contribution in [0.3, 0.4) is 0 Å². The Hall–Kier alpha value is -2.41. The number of hydrogen-bond donors (Lipinski definition) is 3. The Kier molecular flexibility index (Phi) is 7.04. The monoisotopic (exact) mass is 460 g/mol. The molecule has 2 heterocycles. The van der Waals surface area contributed by atoms with E-state index in [1.54, 1.807) is 18.2 Å². The van der Waals surface area contributed by atoms with Crippen LogP contribution >= 0.6 is 10.6 Å². The van der Waals surface area contributed by atoms with Crippen LogP contribution in [-0.2, 0) is 15.3 Å². The highest BCUT2D eigenvalue weighted by molar-refractivity contribution is 8.23. The lowest BCUT2D eigenvalue weighted by Crippen LogP contribution is -2.37. The van der Waals surface area contributed by atoms with Gasteiger partial charge in [0.15, 0.2) is 5.82 Å². The molecule has 0 unspecified atom stereocenters. The molecule has 31 heavy (non-hydrogen) atoms. The summed E-state index contributed by atoms with van der Waals surface area (Å²) < 4.78 is 62.0. The lowest BCUT2D eigenvalue weighted by molar-refractivity contribution is -0.150. The number of amides is 1. The zero-order valence-electron chi connectivity index (χ0n) is 16.7. The quantitative estimate of drug-likeness (QED) is 0.603. The number of carbonyl (C=O) groups is 1. The molecular formula is C19H23F3N4O4S. The number of ether oxygens (including phenoxy) is 1. The fourth-order valence-electron chi connectivity index (χ4n) is 3.01. The van der Waals surface area contributed by atoms with Crippen molar-refractivity contribution in [3.8, 4) is 11.4 Å². The Morgan fingerprint density at radius 1 is 1.19 bits per heavy atom. The fourth-order valence-corrected chi connectivity index (χ4v) is 3.72. The van der Waals surface area contributed by atoms with E-state index in [0.717, 1.165) is 0 Å². The lowest BCUT2D eigenvalue weighted by Gasteiger charge is -2.30. The topological polar surface area (TPSA) is 108 Å². The number of hydrogen-bond acceptors (Lipinski definition) is 7. The van der Waals surface area contributed by atoms with E-state index < -0.39 is 29.1 Å². The summed E-state index contributed by atoms with van der Waals surface area (Å²) in [5.41, 5.74) is 1.24. The van der Waals surface area contributed by atoms with Gasteiger partial charge in [-0.3, -0.25) is 13.9 Å². The predicted octanol–water partition coefficient (Wildman–Crippen LogP) is 3.75. The van der Waals surface area contributed by atoms with E-state index >= 15 is 0 Å². The summed E-state index contributed by atoms with van der Waals surface area (Å²) in [7, 11) is -2.83. The van der Waals surface area contributed by atoms with Crippen LogP contribution in [0.25, 0.3) is 11.4 Å².